The summed E-state index contributed by atoms with van der Waals surface area (Å²) in [5.41, 5.74) is 5.58. The lowest BCUT2D eigenvalue weighted by atomic mass is 9.79. The van der Waals surface area contributed by atoms with Crippen LogP contribution >= 0.6 is 0 Å². The van der Waals surface area contributed by atoms with Gasteiger partial charge in [-0.05, 0) is 61.1 Å². The molecule has 1 amide bonds. The summed E-state index contributed by atoms with van der Waals surface area (Å²) in [6, 6.07) is 17.3. The van der Waals surface area contributed by atoms with Gasteiger partial charge in [0.25, 0.3) is 0 Å². The first-order chi connectivity index (χ1) is 15.1. The Labute approximate surface area is 184 Å². The van der Waals surface area contributed by atoms with E-state index in [4.69, 9.17) is 0 Å². The third-order valence-electron chi connectivity index (χ3n) is 6.82. The molecular formula is C26H30N4O. The molecule has 31 heavy (non-hydrogen) atoms. The number of anilines is 2. The number of carbonyl (C=O) groups is 1. The lowest BCUT2D eigenvalue weighted by Crippen LogP contribution is -2.51. The van der Waals surface area contributed by atoms with E-state index in [1.807, 2.05) is 16.9 Å². The zero-order valence-electron chi connectivity index (χ0n) is 18.5. The molecule has 1 N–H and O–H groups in total. The van der Waals surface area contributed by atoms with Crippen molar-refractivity contribution in [2.24, 2.45) is 11.8 Å². The molecule has 1 aliphatic heterocycles. The number of benzene rings is 2. The van der Waals surface area contributed by atoms with E-state index < -0.39 is 0 Å². The largest absolute Gasteiger partial charge is 0.378 e. The Kier molecular flexibility index (Phi) is 5.05. The fourth-order valence-corrected chi connectivity index (χ4v) is 5.14. The van der Waals surface area contributed by atoms with Gasteiger partial charge in [-0.2, -0.15) is 5.10 Å². The van der Waals surface area contributed by atoms with Gasteiger partial charge in [-0.3, -0.25) is 9.48 Å². The van der Waals surface area contributed by atoms with Crippen molar-refractivity contribution in [3.8, 4) is 11.1 Å². The Hall–Kier alpha value is -3.08. The van der Waals surface area contributed by atoms with Crippen LogP contribution in [-0.2, 0) is 11.3 Å². The van der Waals surface area contributed by atoms with Gasteiger partial charge in [0.2, 0.25) is 5.91 Å². The van der Waals surface area contributed by atoms with Crippen LogP contribution in [0.3, 0.4) is 0 Å². The number of rotatable bonds is 5. The zero-order chi connectivity index (χ0) is 21.5. The van der Waals surface area contributed by atoms with Crippen LogP contribution in [0.25, 0.3) is 11.1 Å². The van der Waals surface area contributed by atoms with Gasteiger partial charge >= 0.3 is 0 Å². The quantitative estimate of drug-likeness (QED) is 0.599. The molecule has 1 fully saturated rings. The Bertz CT molecular complexity index is 1090. The number of fused-ring (bicyclic) bond motifs is 1. The van der Waals surface area contributed by atoms with Crippen LogP contribution in [0.5, 0.6) is 0 Å². The highest BCUT2D eigenvalue weighted by Gasteiger charge is 2.47. The average molecular weight is 415 g/mol. The first-order valence-corrected chi connectivity index (χ1v) is 11.3. The van der Waals surface area contributed by atoms with Gasteiger partial charge < -0.3 is 10.2 Å². The predicted molar refractivity (Wildman–Crippen MR) is 125 cm³/mol. The number of carbonyl (C=O) groups excluding carboxylic acids is 1. The van der Waals surface area contributed by atoms with Crippen molar-refractivity contribution >= 4 is 17.3 Å². The molecule has 5 rings (SSSR count). The minimum absolute atomic E-state index is 0.134. The number of nitrogens with one attached hydrogen (secondary N) is 1. The molecule has 0 bridgehead atoms. The molecule has 0 saturated heterocycles. The molecule has 5 nitrogen and oxygen atoms in total. The lowest BCUT2D eigenvalue weighted by Gasteiger charge is -2.46. The molecule has 5 heteroatoms. The monoisotopic (exact) mass is 414 g/mol. The SMILES string of the molecule is CCn1cc(-c2ccc3c(c2)C(Nc2ccccc2)[C@@H](C)C(C2CC2)N3C(C)=O)cn1. The molecule has 1 saturated carbocycles. The van der Waals surface area contributed by atoms with Gasteiger partial charge in [-0.1, -0.05) is 31.2 Å². The van der Waals surface area contributed by atoms with Crippen LogP contribution in [0.2, 0.25) is 0 Å². The maximum absolute atomic E-state index is 12.8. The summed E-state index contributed by atoms with van der Waals surface area (Å²) in [4.78, 5) is 14.9. The van der Waals surface area contributed by atoms with Crippen molar-refractivity contribution in [2.75, 3.05) is 10.2 Å². The Morgan fingerprint density at radius 1 is 1.13 bits per heavy atom. The molecular weight excluding hydrogens is 384 g/mol. The molecule has 1 aliphatic carbocycles. The molecule has 160 valence electrons. The van der Waals surface area contributed by atoms with E-state index in [0.29, 0.717) is 11.8 Å². The summed E-state index contributed by atoms with van der Waals surface area (Å²) in [7, 11) is 0. The van der Waals surface area contributed by atoms with E-state index in [2.05, 4.69) is 77.8 Å². The molecule has 0 spiro atoms. The molecule has 0 radical (unpaired) electrons. The van der Waals surface area contributed by atoms with Crippen molar-refractivity contribution in [1.82, 2.24) is 9.78 Å². The van der Waals surface area contributed by atoms with E-state index in [1.54, 1.807) is 6.92 Å². The summed E-state index contributed by atoms with van der Waals surface area (Å²) in [6.07, 6.45) is 6.43. The van der Waals surface area contributed by atoms with Gasteiger partial charge in [0, 0.05) is 48.6 Å². The van der Waals surface area contributed by atoms with Gasteiger partial charge in [0.05, 0.1) is 12.2 Å². The molecule has 3 aromatic rings. The third kappa shape index (κ3) is 3.62. The smallest absolute Gasteiger partial charge is 0.224 e. The minimum Gasteiger partial charge on any atom is -0.378 e. The number of para-hydroxylation sites is 1. The van der Waals surface area contributed by atoms with Crippen molar-refractivity contribution in [2.45, 2.75) is 52.2 Å². The van der Waals surface area contributed by atoms with Gasteiger partial charge in [-0.25, -0.2) is 0 Å². The second-order valence-corrected chi connectivity index (χ2v) is 8.92. The van der Waals surface area contributed by atoms with Crippen LogP contribution < -0.4 is 10.2 Å². The molecule has 2 aromatic carbocycles. The number of aryl methyl sites for hydroxylation is 1. The molecule has 1 aromatic heterocycles. The number of aromatic nitrogens is 2. The van der Waals surface area contributed by atoms with Gasteiger partial charge in [0.15, 0.2) is 0 Å². The Balaban J connectivity index is 1.62. The van der Waals surface area contributed by atoms with Crippen LogP contribution in [0.4, 0.5) is 11.4 Å². The highest BCUT2D eigenvalue weighted by Crippen LogP contribution is 2.50. The lowest BCUT2D eigenvalue weighted by molar-refractivity contribution is -0.117. The fourth-order valence-electron chi connectivity index (χ4n) is 5.14. The van der Waals surface area contributed by atoms with E-state index in [-0.39, 0.29) is 18.0 Å². The van der Waals surface area contributed by atoms with Gasteiger partial charge in [0.1, 0.15) is 0 Å². The molecule has 2 aliphatic rings. The number of hydrogen-bond acceptors (Lipinski definition) is 3. The maximum atomic E-state index is 12.8. The summed E-state index contributed by atoms with van der Waals surface area (Å²) < 4.78 is 1.95. The average Bonchev–Trinajstić information content (AvgIpc) is 3.50. The Morgan fingerprint density at radius 3 is 2.55 bits per heavy atom. The van der Waals surface area contributed by atoms with Crippen LogP contribution in [0, 0.1) is 11.8 Å². The zero-order valence-corrected chi connectivity index (χ0v) is 18.5. The van der Waals surface area contributed by atoms with E-state index >= 15 is 0 Å². The predicted octanol–water partition coefficient (Wildman–Crippen LogP) is 5.50. The standard InChI is InChI=1S/C26H30N4O/c1-4-29-16-21(15-27-29)20-12-13-24-23(14-20)25(28-22-8-6-5-7-9-22)17(2)26(19-10-11-19)30(24)18(3)31/h5-9,12-17,19,25-26,28H,4,10-11H2,1-3H3/t17-,25?,26?/m1/s1. The molecule has 3 atom stereocenters. The van der Waals surface area contributed by atoms with E-state index in [9.17, 15) is 4.79 Å². The van der Waals surface area contributed by atoms with Crippen LogP contribution in [0.1, 0.15) is 45.2 Å². The number of nitrogens with zero attached hydrogens (tertiary/aromatic N) is 3. The highest BCUT2D eigenvalue weighted by atomic mass is 16.2. The third-order valence-corrected chi connectivity index (χ3v) is 6.82. The molecule has 2 unspecified atom stereocenters. The minimum atomic E-state index is 0.134. The van der Waals surface area contributed by atoms with Crippen LogP contribution in [0.15, 0.2) is 60.9 Å². The molecule has 2 heterocycles. The van der Waals surface area contributed by atoms with E-state index in [0.717, 1.165) is 29.0 Å². The second-order valence-electron chi connectivity index (χ2n) is 8.92. The highest BCUT2D eigenvalue weighted by molar-refractivity contribution is 5.94. The summed E-state index contributed by atoms with van der Waals surface area (Å²) >= 11 is 0. The fraction of sp³-hybridized carbons (Fsp3) is 0.385. The summed E-state index contributed by atoms with van der Waals surface area (Å²) in [5, 5.41) is 8.24. The van der Waals surface area contributed by atoms with E-state index in [1.165, 1.54) is 18.4 Å². The second kappa shape index (κ2) is 7.88. The van der Waals surface area contributed by atoms with Crippen molar-refractivity contribution in [3.05, 3.63) is 66.5 Å². The van der Waals surface area contributed by atoms with Crippen molar-refractivity contribution in [1.29, 1.82) is 0 Å². The number of hydrogen-bond donors (Lipinski definition) is 1. The maximum Gasteiger partial charge on any atom is 0.224 e. The van der Waals surface area contributed by atoms with Crippen molar-refractivity contribution < 1.29 is 4.79 Å². The Morgan fingerprint density at radius 2 is 1.90 bits per heavy atom. The summed E-state index contributed by atoms with van der Waals surface area (Å²) in [5.74, 6) is 1.03. The first kappa shape index (κ1) is 19.9. The van der Waals surface area contributed by atoms with Gasteiger partial charge in [-0.15, -0.1) is 0 Å². The summed E-state index contributed by atoms with van der Waals surface area (Å²) in [6.45, 7) is 6.94. The first-order valence-electron chi connectivity index (χ1n) is 11.3. The van der Waals surface area contributed by atoms with Crippen LogP contribution in [-0.4, -0.2) is 21.7 Å². The number of amides is 1. The normalized spacial score (nSPS) is 22.8. The topological polar surface area (TPSA) is 50.2 Å². The van der Waals surface area contributed by atoms with Crippen molar-refractivity contribution in [3.63, 3.8) is 0 Å².